The van der Waals surface area contributed by atoms with Crippen LogP contribution in [0.5, 0.6) is 5.75 Å². The molecule has 0 radical (unpaired) electrons. The van der Waals surface area contributed by atoms with Crippen molar-refractivity contribution in [3.05, 3.63) is 48.5 Å². The van der Waals surface area contributed by atoms with Crippen molar-refractivity contribution in [3.63, 3.8) is 0 Å². The number of hydrogen-bond acceptors (Lipinski definition) is 7. The molecule has 3 heterocycles. The summed E-state index contributed by atoms with van der Waals surface area (Å²) in [4.78, 5) is 16.8. The van der Waals surface area contributed by atoms with E-state index in [0.717, 1.165) is 5.56 Å². The van der Waals surface area contributed by atoms with Gasteiger partial charge in [-0.15, -0.1) is 0 Å². The molecule has 0 atom stereocenters. The molecule has 0 bridgehead atoms. The monoisotopic (exact) mass is 318 g/mol. The van der Waals surface area contributed by atoms with Gasteiger partial charge in [0.25, 0.3) is 0 Å². The van der Waals surface area contributed by atoms with Gasteiger partial charge in [-0.1, -0.05) is 0 Å². The first kappa shape index (κ1) is 15.4. The normalized spacial score (nSPS) is 10.2. The molecule has 3 aromatic heterocycles. The second-order valence-electron chi connectivity index (χ2n) is 4.85. The fraction of sp³-hybridized carbons (Fsp3) is 0.118. The van der Waals surface area contributed by atoms with E-state index in [-0.39, 0.29) is 11.4 Å². The van der Waals surface area contributed by atoms with Crippen molar-refractivity contribution in [2.24, 2.45) is 0 Å². The van der Waals surface area contributed by atoms with E-state index in [1.165, 1.54) is 0 Å². The van der Waals surface area contributed by atoms with Gasteiger partial charge in [-0.3, -0.25) is 9.97 Å². The van der Waals surface area contributed by atoms with Crippen LogP contribution in [0.2, 0.25) is 0 Å². The summed E-state index contributed by atoms with van der Waals surface area (Å²) in [5.41, 5.74) is 8.00. The van der Waals surface area contributed by atoms with Crippen molar-refractivity contribution < 1.29 is 4.74 Å². The van der Waals surface area contributed by atoms with Crippen LogP contribution in [0.3, 0.4) is 0 Å². The lowest BCUT2D eigenvalue weighted by molar-refractivity contribution is 0.339. The first-order valence-corrected chi connectivity index (χ1v) is 7.29. The van der Waals surface area contributed by atoms with Crippen molar-refractivity contribution in [3.8, 4) is 34.5 Å². The molecule has 0 aliphatic carbocycles. The molecular weight excluding hydrogens is 304 g/mol. The molecule has 0 unspecified atom stereocenters. The van der Waals surface area contributed by atoms with Crippen LogP contribution in [0.25, 0.3) is 22.6 Å². The molecule has 2 N–H and O–H groups in total. The van der Waals surface area contributed by atoms with Crippen molar-refractivity contribution >= 4 is 5.82 Å². The highest BCUT2D eigenvalue weighted by atomic mass is 16.5. The van der Waals surface area contributed by atoms with Gasteiger partial charge in [0.2, 0.25) is 0 Å². The van der Waals surface area contributed by atoms with Crippen LogP contribution in [0, 0.1) is 11.3 Å². The van der Waals surface area contributed by atoms with Gasteiger partial charge in [-0.05, 0) is 25.1 Å². The quantitative estimate of drug-likeness (QED) is 0.786. The van der Waals surface area contributed by atoms with E-state index in [1.807, 2.05) is 6.92 Å². The zero-order chi connectivity index (χ0) is 16.9. The molecule has 3 rings (SSSR count). The highest BCUT2D eigenvalue weighted by molar-refractivity contribution is 5.74. The Balaban J connectivity index is 2.18. The first-order chi connectivity index (χ1) is 11.7. The van der Waals surface area contributed by atoms with E-state index < -0.39 is 0 Å². The molecule has 0 amide bonds. The molecule has 24 heavy (non-hydrogen) atoms. The van der Waals surface area contributed by atoms with Crippen LogP contribution in [-0.2, 0) is 0 Å². The van der Waals surface area contributed by atoms with E-state index in [4.69, 9.17) is 10.5 Å². The third-order valence-corrected chi connectivity index (χ3v) is 3.28. The van der Waals surface area contributed by atoms with E-state index in [9.17, 15) is 5.26 Å². The Morgan fingerprint density at radius 1 is 1.12 bits per heavy atom. The zero-order valence-corrected chi connectivity index (χ0v) is 13.0. The predicted molar refractivity (Wildman–Crippen MR) is 88.8 cm³/mol. The molecule has 3 aromatic rings. The highest BCUT2D eigenvalue weighted by Gasteiger charge is 2.16. The maximum absolute atomic E-state index is 9.42. The summed E-state index contributed by atoms with van der Waals surface area (Å²) in [7, 11) is 0. The minimum absolute atomic E-state index is 0.121. The fourth-order valence-electron chi connectivity index (χ4n) is 2.22. The molecule has 0 saturated carbocycles. The van der Waals surface area contributed by atoms with E-state index in [0.29, 0.717) is 29.4 Å². The summed E-state index contributed by atoms with van der Waals surface area (Å²) < 4.78 is 5.46. The van der Waals surface area contributed by atoms with Gasteiger partial charge >= 0.3 is 0 Å². The second kappa shape index (κ2) is 6.71. The van der Waals surface area contributed by atoms with Crippen LogP contribution in [-0.4, -0.2) is 26.5 Å². The number of hydrogen-bond donors (Lipinski definition) is 1. The Labute approximate surface area is 138 Å². The predicted octanol–water partition coefficient (Wildman–Crippen LogP) is 2.45. The molecule has 7 nitrogen and oxygen atoms in total. The van der Waals surface area contributed by atoms with Crippen molar-refractivity contribution in [2.45, 2.75) is 6.92 Å². The molecule has 0 spiro atoms. The Hall–Kier alpha value is -3.53. The van der Waals surface area contributed by atoms with Crippen LogP contribution in [0.1, 0.15) is 12.5 Å². The Kier molecular flexibility index (Phi) is 4.29. The maximum atomic E-state index is 9.42. The van der Waals surface area contributed by atoms with Crippen molar-refractivity contribution in [1.82, 2.24) is 19.9 Å². The van der Waals surface area contributed by atoms with Gasteiger partial charge in [-0.2, -0.15) is 5.26 Å². The Bertz CT molecular complexity index is 905. The van der Waals surface area contributed by atoms with Crippen LogP contribution >= 0.6 is 0 Å². The number of aromatic nitrogens is 4. The number of nitrogens with two attached hydrogens (primary N) is 1. The number of nitrogen functional groups attached to an aromatic ring is 1. The zero-order valence-electron chi connectivity index (χ0n) is 13.0. The average Bonchev–Trinajstić information content (AvgIpc) is 2.62. The average molecular weight is 318 g/mol. The molecule has 118 valence electrons. The number of nitriles is 1. The van der Waals surface area contributed by atoms with Gasteiger partial charge in [0.05, 0.1) is 18.5 Å². The molecule has 0 aliphatic heterocycles. The summed E-state index contributed by atoms with van der Waals surface area (Å²) >= 11 is 0. The summed E-state index contributed by atoms with van der Waals surface area (Å²) in [6.45, 7) is 2.40. The second-order valence-corrected chi connectivity index (χ2v) is 4.85. The van der Waals surface area contributed by atoms with Gasteiger partial charge in [0.1, 0.15) is 23.2 Å². The van der Waals surface area contributed by atoms with Crippen molar-refractivity contribution in [1.29, 1.82) is 5.26 Å². The molecule has 7 heteroatoms. The number of pyridine rings is 2. The lowest BCUT2D eigenvalue weighted by Crippen LogP contribution is -2.03. The topological polar surface area (TPSA) is 111 Å². The molecule has 0 saturated heterocycles. The third kappa shape index (κ3) is 2.98. The summed E-state index contributed by atoms with van der Waals surface area (Å²) in [6, 6.07) is 7.39. The summed E-state index contributed by atoms with van der Waals surface area (Å²) in [5.74, 6) is 1.14. The van der Waals surface area contributed by atoms with Crippen molar-refractivity contribution in [2.75, 3.05) is 12.3 Å². The number of nitrogens with zero attached hydrogens (tertiary/aromatic N) is 5. The Morgan fingerprint density at radius 2 is 1.92 bits per heavy atom. The van der Waals surface area contributed by atoms with Gasteiger partial charge in [-0.25, -0.2) is 9.97 Å². The molecule has 0 aliphatic rings. The largest absolute Gasteiger partial charge is 0.492 e. The Morgan fingerprint density at radius 3 is 2.62 bits per heavy atom. The van der Waals surface area contributed by atoms with Crippen LogP contribution in [0.15, 0.2) is 43.0 Å². The minimum atomic E-state index is 0.121. The first-order valence-electron chi connectivity index (χ1n) is 7.29. The summed E-state index contributed by atoms with van der Waals surface area (Å²) in [5, 5.41) is 9.42. The standard InChI is InChI=1S/C17H14N6O/c1-2-24-13-7-12(9-21-10-13)15-14(8-18)16(19)23-17(22-15)11-3-5-20-6-4-11/h3-7,9-10H,2H2,1H3,(H2,19,22,23). The highest BCUT2D eigenvalue weighted by Crippen LogP contribution is 2.29. The van der Waals surface area contributed by atoms with E-state index >= 15 is 0 Å². The molecular formula is C17H14N6O. The molecule has 0 aromatic carbocycles. The number of rotatable bonds is 4. The van der Waals surface area contributed by atoms with Crippen LogP contribution < -0.4 is 10.5 Å². The summed E-state index contributed by atoms with van der Waals surface area (Å²) in [6.07, 6.45) is 6.50. The van der Waals surface area contributed by atoms with Gasteiger partial charge < -0.3 is 10.5 Å². The maximum Gasteiger partial charge on any atom is 0.162 e. The van der Waals surface area contributed by atoms with E-state index in [1.54, 1.807) is 43.0 Å². The minimum Gasteiger partial charge on any atom is -0.492 e. The smallest absolute Gasteiger partial charge is 0.162 e. The number of anilines is 1. The number of ether oxygens (including phenoxy) is 1. The SMILES string of the molecule is CCOc1cncc(-c2nc(-c3ccncc3)nc(N)c2C#N)c1. The molecule has 0 fully saturated rings. The lowest BCUT2D eigenvalue weighted by Gasteiger charge is -2.10. The van der Waals surface area contributed by atoms with Gasteiger partial charge in [0.15, 0.2) is 5.82 Å². The van der Waals surface area contributed by atoms with Gasteiger partial charge in [0, 0.05) is 29.7 Å². The van der Waals surface area contributed by atoms with E-state index in [2.05, 4.69) is 26.0 Å². The van der Waals surface area contributed by atoms with Crippen LogP contribution in [0.4, 0.5) is 5.82 Å². The lowest BCUT2D eigenvalue weighted by atomic mass is 10.1. The third-order valence-electron chi connectivity index (χ3n) is 3.28. The fourth-order valence-corrected chi connectivity index (χ4v) is 2.22.